The monoisotopic (exact) mass is 443 g/mol. The minimum atomic E-state index is -0.510. The standard InChI is InChI=1S/C23H26FN3O3S/c1-14-5-8-18(13-19(14)24)27-15(2)20(22(29)30-4)21(25-23(27)31)16-6-9-17(10-7-16)26(3)11-12-28/h5-10,13,21,28H,11-12H2,1-4H3,(H,25,31)/t21-/m1/s1. The van der Waals surface area contributed by atoms with E-state index >= 15 is 0 Å². The summed E-state index contributed by atoms with van der Waals surface area (Å²) in [7, 11) is 3.22. The van der Waals surface area contributed by atoms with Crippen molar-refractivity contribution >= 4 is 34.7 Å². The number of thiocarbonyl (C=S) groups is 1. The van der Waals surface area contributed by atoms with Crippen LogP contribution in [-0.2, 0) is 9.53 Å². The predicted molar refractivity (Wildman–Crippen MR) is 124 cm³/mol. The minimum Gasteiger partial charge on any atom is -0.466 e. The van der Waals surface area contributed by atoms with Gasteiger partial charge in [0.2, 0.25) is 0 Å². The summed E-state index contributed by atoms with van der Waals surface area (Å²) < 4.78 is 19.2. The number of hydrogen-bond acceptors (Lipinski definition) is 5. The minimum absolute atomic E-state index is 0.0561. The van der Waals surface area contributed by atoms with Gasteiger partial charge in [0.1, 0.15) is 5.82 Å². The third-order valence-corrected chi connectivity index (χ3v) is 5.71. The lowest BCUT2D eigenvalue weighted by Gasteiger charge is -2.37. The van der Waals surface area contributed by atoms with E-state index in [2.05, 4.69) is 5.32 Å². The topological polar surface area (TPSA) is 65.0 Å². The second-order valence-electron chi connectivity index (χ2n) is 7.38. The first-order valence-electron chi connectivity index (χ1n) is 9.86. The highest BCUT2D eigenvalue weighted by atomic mass is 32.1. The number of carbonyl (C=O) groups is 1. The van der Waals surface area contributed by atoms with E-state index in [1.807, 2.05) is 36.2 Å². The fourth-order valence-corrected chi connectivity index (χ4v) is 3.96. The average molecular weight is 444 g/mol. The number of nitrogens with one attached hydrogen (secondary N) is 1. The second-order valence-corrected chi connectivity index (χ2v) is 7.77. The zero-order valence-corrected chi connectivity index (χ0v) is 18.8. The van der Waals surface area contributed by atoms with Gasteiger partial charge in [-0.15, -0.1) is 0 Å². The number of aliphatic hydroxyl groups excluding tert-OH is 1. The van der Waals surface area contributed by atoms with Crippen molar-refractivity contribution in [3.63, 3.8) is 0 Å². The summed E-state index contributed by atoms with van der Waals surface area (Å²) in [6.45, 7) is 4.03. The van der Waals surface area contributed by atoms with Gasteiger partial charge in [-0.25, -0.2) is 9.18 Å². The summed E-state index contributed by atoms with van der Waals surface area (Å²) in [6.07, 6.45) is 0. The fraction of sp³-hybridized carbons (Fsp3) is 0.304. The highest BCUT2D eigenvalue weighted by molar-refractivity contribution is 7.80. The van der Waals surface area contributed by atoms with Gasteiger partial charge in [-0.3, -0.25) is 4.90 Å². The van der Waals surface area contributed by atoms with Gasteiger partial charge in [0.15, 0.2) is 5.11 Å². The van der Waals surface area contributed by atoms with Crippen LogP contribution in [0.2, 0.25) is 0 Å². The number of allylic oxidation sites excluding steroid dienone is 1. The molecule has 1 aliphatic rings. The van der Waals surface area contributed by atoms with Gasteiger partial charge < -0.3 is 20.1 Å². The van der Waals surface area contributed by atoms with Gasteiger partial charge in [-0.05, 0) is 61.5 Å². The number of aryl methyl sites for hydroxylation is 1. The third kappa shape index (κ3) is 4.55. The van der Waals surface area contributed by atoms with Crippen LogP contribution in [0.15, 0.2) is 53.7 Å². The molecule has 0 aromatic heterocycles. The molecule has 0 saturated heterocycles. The second kappa shape index (κ2) is 9.45. The van der Waals surface area contributed by atoms with Crippen molar-refractivity contribution in [3.8, 4) is 0 Å². The van der Waals surface area contributed by atoms with E-state index in [1.54, 1.807) is 30.9 Å². The molecular weight excluding hydrogens is 417 g/mol. The average Bonchev–Trinajstić information content (AvgIpc) is 2.75. The van der Waals surface area contributed by atoms with Crippen LogP contribution < -0.4 is 15.1 Å². The molecular formula is C23H26FN3O3S. The zero-order chi connectivity index (χ0) is 22.7. The first kappa shape index (κ1) is 22.7. The number of benzene rings is 2. The number of halogens is 1. The molecule has 1 aliphatic heterocycles. The summed E-state index contributed by atoms with van der Waals surface area (Å²) in [5, 5.41) is 12.7. The Hall–Kier alpha value is -2.97. The number of carbonyl (C=O) groups excluding carboxylic acids is 1. The maximum atomic E-state index is 14.2. The van der Waals surface area contributed by atoms with Crippen LogP contribution in [0.1, 0.15) is 24.1 Å². The van der Waals surface area contributed by atoms with Gasteiger partial charge in [0.05, 0.1) is 31.0 Å². The molecule has 0 aliphatic carbocycles. The molecule has 164 valence electrons. The molecule has 1 heterocycles. The molecule has 0 fully saturated rings. The van der Waals surface area contributed by atoms with Gasteiger partial charge in [-0.1, -0.05) is 18.2 Å². The zero-order valence-electron chi connectivity index (χ0n) is 18.0. The lowest BCUT2D eigenvalue weighted by atomic mass is 9.94. The van der Waals surface area contributed by atoms with E-state index in [1.165, 1.54) is 13.2 Å². The quantitative estimate of drug-likeness (QED) is 0.524. The summed E-state index contributed by atoms with van der Waals surface area (Å²) in [5.74, 6) is -0.839. The van der Waals surface area contributed by atoms with Crippen LogP contribution in [0.5, 0.6) is 0 Å². The van der Waals surface area contributed by atoms with Crippen molar-refractivity contribution in [2.45, 2.75) is 19.9 Å². The number of rotatable bonds is 6. The van der Waals surface area contributed by atoms with Gasteiger partial charge in [0, 0.05) is 25.0 Å². The van der Waals surface area contributed by atoms with Crippen molar-refractivity contribution < 1.29 is 19.0 Å². The number of nitrogens with zero attached hydrogens (tertiary/aromatic N) is 2. The van der Waals surface area contributed by atoms with E-state index in [0.29, 0.717) is 34.2 Å². The number of anilines is 2. The van der Waals surface area contributed by atoms with Gasteiger partial charge in [-0.2, -0.15) is 0 Å². The van der Waals surface area contributed by atoms with Crippen molar-refractivity contribution in [1.82, 2.24) is 5.32 Å². The SMILES string of the molecule is COC(=O)C1=C(C)N(c2ccc(C)c(F)c2)C(=S)N[C@@H]1c1ccc(N(C)CCO)cc1. The van der Waals surface area contributed by atoms with E-state index in [9.17, 15) is 9.18 Å². The Kier molecular flexibility index (Phi) is 6.92. The summed E-state index contributed by atoms with van der Waals surface area (Å²) in [6, 6.07) is 12.0. The Morgan fingerprint density at radius 3 is 2.52 bits per heavy atom. The number of methoxy groups -OCH3 is 1. The van der Waals surface area contributed by atoms with Crippen molar-refractivity contribution in [1.29, 1.82) is 0 Å². The molecule has 0 radical (unpaired) electrons. The highest BCUT2D eigenvalue weighted by Gasteiger charge is 2.35. The molecule has 6 nitrogen and oxygen atoms in total. The molecule has 31 heavy (non-hydrogen) atoms. The van der Waals surface area contributed by atoms with Crippen molar-refractivity contribution in [3.05, 3.63) is 70.7 Å². The first-order valence-corrected chi connectivity index (χ1v) is 10.3. The number of esters is 1. The Labute approximate surface area is 186 Å². The van der Waals surface area contributed by atoms with Crippen LogP contribution in [0.25, 0.3) is 0 Å². The Morgan fingerprint density at radius 1 is 1.26 bits per heavy atom. The summed E-state index contributed by atoms with van der Waals surface area (Å²) >= 11 is 5.59. The van der Waals surface area contributed by atoms with Crippen LogP contribution in [-0.4, -0.2) is 43.5 Å². The Balaban J connectivity index is 2.04. The Bertz CT molecular complexity index is 1020. The van der Waals surface area contributed by atoms with Crippen molar-refractivity contribution in [2.24, 2.45) is 0 Å². The molecule has 1 atom stereocenters. The molecule has 2 aromatic rings. The van der Waals surface area contributed by atoms with Crippen LogP contribution >= 0.6 is 12.2 Å². The Morgan fingerprint density at radius 2 is 1.94 bits per heavy atom. The van der Waals surface area contributed by atoms with Gasteiger partial charge in [0.25, 0.3) is 0 Å². The number of ether oxygens (including phenoxy) is 1. The van der Waals surface area contributed by atoms with E-state index in [4.69, 9.17) is 22.1 Å². The predicted octanol–water partition coefficient (Wildman–Crippen LogP) is 3.45. The van der Waals surface area contributed by atoms with E-state index < -0.39 is 12.0 Å². The van der Waals surface area contributed by atoms with Crippen LogP contribution in [0, 0.1) is 12.7 Å². The molecule has 0 bridgehead atoms. The van der Waals surface area contributed by atoms with E-state index in [0.717, 1.165) is 11.3 Å². The number of aliphatic hydroxyl groups is 1. The summed E-state index contributed by atoms with van der Waals surface area (Å²) in [4.78, 5) is 16.3. The van der Waals surface area contributed by atoms with Crippen molar-refractivity contribution in [2.75, 3.05) is 37.1 Å². The lowest BCUT2D eigenvalue weighted by molar-refractivity contribution is -0.136. The maximum absolute atomic E-state index is 14.2. The molecule has 0 amide bonds. The molecule has 3 rings (SSSR count). The molecule has 0 spiro atoms. The lowest BCUT2D eigenvalue weighted by Crippen LogP contribution is -2.48. The smallest absolute Gasteiger partial charge is 0.337 e. The molecule has 0 saturated carbocycles. The number of likely N-dealkylation sites (N-methyl/N-ethyl adjacent to an activating group) is 1. The third-order valence-electron chi connectivity index (χ3n) is 5.41. The molecule has 2 N–H and O–H groups in total. The van der Waals surface area contributed by atoms with Crippen LogP contribution in [0.3, 0.4) is 0 Å². The molecule has 0 unspecified atom stereocenters. The molecule has 2 aromatic carbocycles. The fourth-order valence-electron chi connectivity index (χ4n) is 3.60. The van der Waals surface area contributed by atoms with E-state index in [-0.39, 0.29) is 12.4 Å². The van der Waals surface area contributed by atoms with Gasteiger partial charge >= 0.3 is 5.97 Å². The molecule has 8 heteroatoms. The highest BCUT2D eigenvalue weighted by Crippen LogP contribution is 2.35. The normalized spacial score (nSPS) is 16.3. The van der Waals surface area contributed by atoms with Crippen LogP contribution in [0.4, 0.5) is 15.8 Å². The summed E-state index contributed by atoms with van der Waals surface area (Å²) in [5.41, 5.74) is 3.79. The maximum Gasteiger partial charge on any atom is 0.337 e. The number of hydrogen-bond donors (Lipinski definition) is 2. The first-order chi connectivity index (χ1) is 14.8. The largest absolute Gasteiger partial charge is 0.466 e.